The number of primary amides is 1. The molecule has 3 aromatic heterocycles. The first kappa shape index (κ1) is 23.9. The molecule has 13 heteroatoms. The molecular weight excluding hydrogens is 511 g/mol. The number of pyridine rings is 1. The molecule has 4 aromatic rings. The van der Waals surface area contributed by atoms with E-state index >= 15 is 0 Å². The number of carbonyl (C=O) groups is 2. The monoisotopic (exact) mass is 525 g/mol. The fraction of sp³-hybridized carbons (Fsp3) is 0.143. The van der Waals surface area contributed by atoms with Crippen molar-refractivity contribution >= 4 is 62.3 Å². The van der Waals surface area contributed by atoms with Crippen molar-refractivity contribution in [3.05, 3.63) is 68.4 Å². The van der Waals surface area contributed by atoms with E-state index in [1.54, 1.807) is 25.1 Å². The summed E-state index contributed by atoms with van der Waals surface area (Å²) in [6.45, 7) is 1.50. The van der Waals surface area contributed by atoms with Crippen LogP contribution in [-0.2, 0) is 6.73 Å². The van der Waals surface area contributed by atoms with Crippen LogP contribution in [0.1, 0.15) is 37.8 Å². The highest BCUT2D eigenvalue weighted by atomic mass is 35.5. The van der Waals surface area contributed by atoms with Gasteiger partial charge in [-0.3, -0.25) is 9.59 Å². The summed E-state index contributed by atoms with van der Waals surface area (Å²) in [6, 6.07) is 7.55. The minimum absolute atomic E-state index is 0.0124. The number of fused-ring (bicyclic) bond motifs is 1. The van der Waals surface area contributed by atoms with Gasteiger partial charge in [-0.15, -0.1) is 11.3 Å². The summed E-state index contributed by atoms with van der Waals surface area (Å²) in [5.41, 5.74) is 5.54. The third-order valence-corrected chi connectivity index (χ3v) is 6.39. The maximum Gasteiger partial charge on any atom is 0.280 e. The van der Waals surface area contributed by atoms with Gasteiger partial charge in [0.05, 0.1) is 15.7 Å². The smallest absolute Gasteiger partial charge is 0.280 e. The van der Waals surface area contributed by atoms with Crippen molar-refractivity contribution in [2.24, 2.45) is 5.73 Å². The number of ether oxygens (including phenoxy) is 1. The molecule has 34 heavy (non-hydrogen) atoms. The van der Waals surface area contributed by atoms with Gasteiger partial charge < -0.3 is 15.8 Å². The third-order valence-electron chi connectivity index (χ3n) is 4.70. The van der Waals surface area contributed by atoms with Gasteiger partial charge in [-0.2, -0.15) is 5.10 Å². The van der Waals surface area contributed by atoms with Gasteiger partial charge in [0.15, 0.2) is 18.2 Å². The first-order valence-electron chi connectivity index (χ1n) is 9.59. The second-order valence-corrected chi connectivity index (χ2v) is 8.85. The number of aryl methyl sites for hydroxylation is 1. The number of hydrogen-bond donors (Lipinski definition) is 2. The molecule has 0 spiro atoms. The van der Waals surface area contributed by atoms with Crippen LogP contribution < -0.4 is 15.8 Å². The van der Waals surface area contributed by atoms with Crippen LogP contribution in [0, 0.1) is 6.92 Å². The van der Waals surface area contributed by atoms with Gasteiger partial charge in [-0.25, -0.2) is 18.4 Å². The first-order valence-corrected chi connectivity index (χ1v) is 11.2. The Hall–Kier alpha value is -3.28. The molecule has 0 radical (unpaired) electrons. The normalized spacial score (nSPS) is 11.2. The number of halogens is 4. The van der Waals surface area contributed by atoms with E-state index < -0.39 is 23.9 Å². The largest absolute Gasteiger partial charge is 0.468 e. The molecular formula is C21H15Cl2F2N5O3S. The molecule has 1 aromatic carbocycles. The summed E-state index contributed by atoms with van der Waals surface area (Å²) >= 11 is 13.0. The van der Waals surface area contributed by atoms with Gasteiger partial charge in [0, 0.05) is 11.6 Å². The highest BCUT2D eigenvalue weighted by molar-refractivity contribution is 7.21. The minimum Gasteiger partial charge on any atom is -0.468 e. The van der Waals surface area contributed by atoms with Gasteiger partial charge in [0.1, 0.15) is 15.4 Å². The number of benzene rings is 1. The van der Waals surface area contributed by atoms with Crippen LogP contribution >= 0.6 is 34.5 Å². The summed E-state index contributed by atoms with van der Waals surface area (Å²) in [5.74, 6) is -1.20. The summed E-state index contributed by atoms with van der Waals surface area (Å²) < 4.78 is 33.2. The van der Waals surface area contributed by atoms with Crippen molar-refractivity contribution in [1.29, 1.82) is 0 Å². The molecule has 0 unspecified atom stereocenters. The molecule has 0 atom stereocenters. The van der Waals surface area contributed by atoms with E-state index in [2.05, 4.69) is 15.4 Å². The van der Waals surface area contributed by atoms with E-state index in [0.717, 1.165) is 11.3 Å². The van der Waals surface area contributed by atoms with Gasteiger partial charge in [-0.05, 0) is 36.8 Å². The van der Waals surface area contributed by atoms with Crippen molar-refractivity contribution in [1.82, 2.24) is 14.8 Å². The maximum absolute atomic E-state index is 13.1. The van der Waals surface area contributed by atoms with E-state index in [1.807, 2.05) is 0 Å². The molecule has 176 valence electrons. The average molecular weight is 526 g/mol. The molecule has 0 aliphatic rings. The summed E-state index contributed by atoms with van der Waals surface area (Å²) in [4.78, 5) is 28.9. The highest BCUT2D eigenvalue weighted by Gasteiger charge is 2.24. The number of nitrogens with zero attached hydrogens (tertiary/aromatic N) is 3. The van der Waals surface area contributed by atoms with Crippen molar-refractivity contribution in [2.75, 3.05) is 5.32 Å². The molecule has 0 fully saturated rings. The fourth-order valence-electron chi connectivity index (χ4n) is 3.20. The fourth-order valence-corrected chi connectivity index (χ4v) is 4.77. The molecule has 4 rings (SSSR count). The van der Waals surface area contributed by atoms with E-state index in [-0.39, 0.29) is 33.6 Å². The quantitative estimate of drug-likeness (QED) is 0.334. The second-order valence-electron chi connectivity index (χ2n) is 7.03. The number of carbonyl (C=O) groups excluding carboxylic acids is 2. The predicted octanol–water partition coefficient (Wildman–Crippen LogP) is 5.43. The van der Waals surface area contributed by atoms with Crippen molar-refractivity contribution < 1.29 is 23.1 Å². The van der Waals surface area contributed by atoms with E-state index in [0.29, 0.717) is 21.0 Å². The van der Waals surface area contributed by atoms with E-state index in [9.17, 15) is 18.4 Å². The van der Waals surface area contributed by atoms with Crippen LogP contribution in [0.25, 0.3) is 10.2 Å². The van der Waals surface area contributed by atoms with Gasteiger partial charge >= 0.3 is 0 Å². The Balaban J connectivity index is 1.58. The van der Waals surface area contributed by atoms with Crippen LogP contribution in [-0.4, -0.2) is 26.6 Å². The van der Waals surface area contributed by atoms with E-state index in [4.69, 9.17) is 33.7 Å². The maximum atomic E-state index is 13.1. The summed E-state index contributed by atoms with van der Waals surface area (Å²) in [5, 5.41) is 7.75. The standard InChI is InChI=1S/C21H15Cl2F2N5O3S/c1-9-7-13(18(24)25)27-21-14(9)15(17(34-21)19(26)31)28-20(32)12-5-6-30(29-12)8-33-16-10(22)3-2-4-11(16)23/h2-7,18H,8H2,1H3,(H2,26,31)(H,28,32). The number of amides is 2. The molecule has 0 bridgehead atoms. The Kier molecular flexibility index (Phi) is 6.69. The minimum atomic E-state index is -2.79. The number of alkyl halides is 2. The van der Waals surface area contributed by atoms with Crippen LogP contribution in [0.5, 0.6) is 5.75 Å². The molecule has 3 N–H and O–H groups in total. The third kappa shape index (κ3) is 4.67. The zero-order valence-electron chi connectivity index (χ0n) is 17.3. The Labute approximate surface area is 205 Å². The van der Waals surface area contributed by atoms with Crippen molar-refractivity contribution in [2.45, 2.75) is 20.1 Å². The molecule has 0 aliphatic heterocycles. The lowest BCUT2D eigenvalue weighted by molar-refractivity contribution is 0.100. The van der Waals surface area contributed by atoms with Crippen molar-refractivity contribution in [3.8, 4) is 5.75 Å². The SMILES string of the molecule is Cc1cc(C(F)F)nc2sc(C(N)=O)c(NC(=O)c3ccn(COc4c(Cl)cccc4Cl)n3)c12. The number of para-hydroxylation sites is 1. The van der Waals surface area contributed by atoms with Crippen LogP contribution in [0.15, 0.2) is 36.5 Å². The summed E-state index contributed by atoms with van der Waals surface area (Å²) in [7, 11) is 0. The topological polar surface area (TPSA) is 112 Å². The lowest BCUT2D eigenvalue weighted by atomic mass is 10.1. The number of aromatic nitrogens is 3. The number of hydrogen-bond acceptors (Lipinski definition) is 6. The number of nitrogens with two attached hydrogens (primary N) is 1. The number of nitrogens with one attached hydrogen (secondary N) is 1. The average Bonchev–Trinajstić information content (AvgIpc) is 3.38. The predicted molar refractivity (Wildman–Crippen MR) is 125 cm³/mol. The Morgan fingerprint density at radius 1 is 1.26 bits per heavy atom. The lowest BCUT2D eigenvalue weighted by Crippen LogP contribution is -2.18. The Morgan fingerprint density at radius 2 is 1.97 bits per heavy atom. The Morgan fingerprint density at radius 3 is 2.62 bits per heavy atom. The lowest BCUT2D eigenvalue weighted by Gasteiger charge is -2.09. The number of anilines is 1. The van der Waals surface area contributed by atoms with Crippen LogP contribution in [0.4, 0.5) is 14.5 Å². The first-order chi connectivity index (χ1) is 16.2. The van der Waals surface area contributed by atoms with Crippen LogP contribution in [0.3, 0.4) is 0 Å². The molecule has 8 nitrogen and oxygen atoms in total. The summed E-state index contributed by atoms with van der Waals surface area (Å²) in [6.07, 6.45) is -1.28. The van der Waals surface area contributed by atoms with Crippen molar-refractivity contribution in [3.63, 3.8) is 0 Å². The van der Waals surface area contributed by atoms with Gasteiger partial charge in [0.2, 0.25) is 0 Å². The molecule has 3 heterocycles. The number of thiophene rings is 1. The molecule has 2 amide bonds. The molecule has 0 saturated carbocycles. The molecule has 0 aliphatic carbocycles. The molecule has 0 saturated heterocycles. The van der Waals surface area contributed by atoms with Crippen LogP contribution in [0.2, 0.25) is 10.0 Å². The van der Waals surface area contributed by atoms with Gasteiger partial charge in [-0.1, -0.05) is 29.3 Å². The number of rotatable bonds is 7. The zero-order valence-corrected chi connectivity index (χ0v) is 19.6. The highest BCUT2D eigenvalue weighted by Crippen LogP contribution is 2.38. The second kappa shape index (κ2) is 9.53. The zero-order chi connectivity index (χ0) is 24.6. The van der Waals surface area contributed by atoms with E-state index in [1.165, 1.54) is 23.0 Å². The Bertz CT molecular complexity index is 1400. The van der Waals surface area contributed by atoms with Gasteiger partial charge in [0.25, 0.3) is 18.2 Å².